The lowest BCUT2D eigenvalue weighted by atomic mass is 9.88. The fourth-order valence-corrected chi connectivity index (χ4v) is 2.68. The molecule has 21 heavy (non-hydrogen) atoms. The highest BCUT2D eigenvalue weighted by Gasteiger charge is 2.36. The average Bonchev–Trinajstić information content (AvgIpc) is 2.53. The van der Waals surface area contributed by atoms with Crippen molar-refractivity contribution in [1.82, 2.24) is 9.88 Å². The summed E-state index contributed by atoms with van der Waals surface area (Å²) in [5, 5.41) is 9.37. The number of carboxylic acids is 1. The van der Waals surface area contributed by atoms with Gasteiger partial charge in [-0.05, 0) is 24.8 Å². The summed E-state index contributed by atoms with van der Waals surface area (Å²) in [5.74, 6) is -0.440. The van der Waals surface area contributed by atoms with E-state index in [0.717, 1.165) is 12.8 Å². The van der Waals surface area contributed by atoms with Crippen molar-refractivity contribution in [3.8, 4) is 5.88 Å². The van der Waals surface area contributed by atoms with Gasteiger partial charge in [0.25, 0.3) is 5.91 Å². The Morgan fingerprint density at radius 2 is 2.24 bits per heavy atom. The van der Waals surface area contributed by atoms with E-state index < -0.39 is 12.0 Å². The predicted molar refractivity (Wildman–Crippen MR) is 76.3 cm³/mol. The normalized spacial score (nSPS) is 21.9. The molecule has 1 aliphatic rings. The quantitative estimate of drug-likeness (QED) is 0.915. The Balaban J connectivity index is 2.17. The molecule has 2 rings (SSSR count). The third-order valence-corrected chi connectivity index (χ3v) is 4.03. The molecular weight excluding hydrogens is 272 g/mol. The van der Waals surface area contributed by atoms with Gasteiger partial charge < -0.3 is 14.7 Å². The Morgan fingerprint density at radius 1 is 1.48 bits per heavy atom. The first-order valence-corrected chi connectivity index (χ1v) is 7.10. The molecule has 1 aromatic heterocycles. The fraction of sp³-hybridized carbons (Fsp3) is 0.533. The summed E-state index contributed by atoms with van der Waals surface area (Å²) < 4.78 is 4.95. The van der Waals surface area contributed by atoms with Crippen molar-refractivity contribution >= 4 is 11.9 Å². The Hall–Kier alpha value is -2.11. The number of hydrogen-bond donors (Lipinski definition) is 1. The molecule has 114 valence electrons. The van der Waals surface area contributed by atoms with E-state index in [9.17, 15) is 14.7 Å². The third-order valence-electron chi connectivity index (χ3n) is 4.03. The van der Waals surface area contributed by atoms with E-state index in [1.807, 2.05) is 0 Å². The largest absolute Gasteiger partial charge is 0.481 e. The summed E-state index contributed by atoms with van der Waals surface area (Å²) in [6, 6.07) is 2.46. The van der Waals surface area contributed by atoms with Crippen LogP contribution in [0.2, 0.25) is 0 Å². The minimum absolute atomic E-state index is 0.285. The van der Waals surface area contributed by atoms with Crippen LogP contribution in [-0.4, -0.2) is 46.6 Å². The minimum atomic E-state index is -0.942. The van der Waals surface area contributed by atoms with Crippen LogP contribution in [-0.2, 0) is 4.79 Å². The number of ether oxygens (including phenoxy) is 1. The van der Waals surface area contributed by atoms with Crippen molar-refractivity contribution < 1.29 is 19.4 Å². The van der Waals surface area contributed by atoms with Gasteiger partial charge >= 0.3 is 5.97 Å². The molecule has 6 heteroatoms. The second-order valence-corrected chi connectivity index (χ2v) is 5.24. The first-order chi connectivity index (χ1) is 10.1. The summed E-state index contributed by atoms with van der Waals surface area (Å²) in [7, 11) is 1.50. The smallest absolute Gasteiger partial charge is 0.326 e. The SMILES string of the molecule is CCC1CCN(C(=O)c2ccc(OC)nc2)C(C(=O)O)C1. The topological polar surface area (TPSA) is 79.7 Å². The lowest BCUT2D eigenvalue weighted by Gasteiger charge is -2.36. The van der Waals surface area contributed by atoms with E-state index in [1.165, 1.54) is 18.2 Å². The van der Waals surface area contributed by atoms with Crippen LogP contribution in [0.15, 0.2) is 18.3 Å². The van der Waals surface area contributed by atoms with Crippen molar-refractivity contribution in [1.29, 1.82) is 0 Å². The number of likely N-dealkylation sites (tertiary alicyclic amines) is 1. The lowest BCUT2D eigenvalue weighted by Crippen LogP contribution is -2.50. The highest BCUT2D eigenvalue weighted by molar-refractivity contribution is 5.96. The zero-order valence-electron chi connectivity index (χ0n) is 12.3. The molecule has 0 bridgehead atoms. The second-order valence-electron chi connectivity index (χ2n) is 5.24. The number of nitrogens with zero attached hydrogens (tertiary/aromatic N) is 2. The molecule has 1 saturated heterocycles. The summed E-state index contributed by atoms with van der Waals surface area (Å²) in [6.07, 6.45) is 3.72. The molecule has 1 aliphatic heterocycles. The van der Waals surface area contributed by atoms with Gasteiger partial charge in [0.15, 0.2) is 0 Å². The lowest BCUT2D eigenvalue weighted by molar-refractivity contribution is -0.144. The number of amides is 1. The molecule has 6 nitrogen and oxygen atoms in total. The summed E-state index contributed by atoms with van der Waals surface area (Å²) in [4.78, 5) is 29.4. The van der Waals surface area contributed by atoms with Crippen LogP contribution in [0, 0.1) is 5.92 Å². The number of rotatable bonds is 4. The third kappa shape index (κ3) is 3.32. The van der Waals surface area contributed by atoms with Crippen LogP contribution in [0.25, 0.3) is 0 Å². The van der Waals surface area contributed by atoms with E-state index in [0.29, 0.717) is 30.3 Å². The molecular formula is C15H20N2O4. The van der Waals surface area contributed by atoms with Gasteiger partial charge in [-0.15, -0.1) is 0 Å². The number of carboxylic acid groups (broad SMARTS) is 1. The fourth-order valence-electron chi connectivity index (χ4n) is 2.68. The summed E-state index contributed by atoms with van der Waals surface area (Å²) in [6.45, 7) is 2.52. The van der Waals surface area contributed by atoms with E-state index in [2.05, 4.69) is 11.9 Å². The van der Waals surface area contributed by atoms with Crippen molar-refractivity contribution in [3.63, 3.8) is 0 Å². The number of piperidine rings is 1. The summed E-state index contributed by atoms with van der Waals surface area (Å²) in [5.41, 5.74) is 0.386. The maximum atomic E-state index is 12.5. The van der Waals surface area contributed by atoms with Crippen molar-refractivity contribution in [3.05, 3.63) is 23.9 Å². The van der Waals surface area contributed by atoms with E-state index in [1.54, 1.807) is 12.1 Å². The van der Waals surface area contributed by atoms with Gasteiger partial charge in [-0.1, -0.05) is 13.3 Å². The average molecular weight is 292 g/mol. The number of methoxy groups -OCH3 is 1. The number of carbonyl (C=O) groups is 2. The Morgan fingerprint density at radius 3 is 2.76 bits per heavy atom. The molecule has 2 heterocycles. The minimum Gasteiger partial charge on any atom is -0.481 e. The van der Waals surface area contributed by atoms with Crippen molar-refractivity contribution in [2.45, 2.75) is 32.2 Å². The molecule has 0 saturated carbocycles. The standard InChI is InChI=1S/C15H20N2O4/c1-3-10-6-7-17(12(8-10)15(19)20)14(18)11-4-5-13(21-2)16-9-11/h4-5,9-10,12H,3,6-8H2,1-2H3,(H,19,20). The Bertz CT molecular complexity index is 515. The molecule has 1 aromatic rings. The first-order valence-electron chi connectivity index (χ1n) is 7.10. The molecule has 2 unspecified atom stereocenters. The molecule has 1 amide bonds. The van der Waals surface area contributed by atoms with Crippen LogP contribution in [0.3, 0.4) is 0 Å². The van der Waals surface area contributed by atoms with Gasteiger partial charge in [0, 0.05) is 18.8 Å². The molecule has 0 spiro atoms. The molecule has 1 N–H and O–H groups in total. The van der Waals surface area contributed by atoms with Crippen molar-refractivity contribution in [2.24, 2.45) is 5.92 Å². The maximum absolute atomic E-state index is 12.5. The van der Waals surface area contributed by atoms with Crippen LogP contribution >= 0.6 is 0 Å². The predicted octanol–water partition coefficient (Wildman–Crippen LogP) is 1.81. The number of hydrogen-bond acceptors (Lipinski definition) is 4. The van der Waals surface area contributed by atoms with Gasteiger partial charge in [-0.3, -0.25) is 4.79 Å². The Labute approximate surface area is 123 Å². The molecule has 2 atom stereocenters. The van der Waals surface area contributed by atoms with Crippen LogP contribution in [0.1, 0.15) is 36.5 Å². The maximum Gasteiger partial charge on any atom is 0.326 e. The van der Waals surface area contributed by atoms with Gasteiger partial charge in [0.05, 0.1) is 12.7 Å². The number of aliphatic carboxylic acids is 1. The van der Waals surface area contributed by atoms with Crippen molar-refractivity contribution in [2.75, 3.05) is 13.7 Å². The number of aromatic nitrogens is 1. The van der Waals surface area contributed by atoms with Crippen LogP contribution < -0.4 is 4.74 Å². The van der Waals surface area contributed by atoms with Gasteiger partial charge in [-0.25, -0.2) is 9.78 Å². The van der Waals surface area contributed by atoms with Crippen LogP contribution in [0.4, 0.5) is 0 Å². The highest BCUT2D eigenvalue weighted by atomic mass is 16.5. The Kier molecular flexibility index (Phi) is 4.77. The number of pyridine rings is 1. The zero-order chi connectivity index (χ0) is 15.4. The van der Waals surface area contributed by atoms with Gasteiger partial charge in [0.1, 0.15) is 6.04 Å². The van der Waals surface area contributed by atoms with Gasteiger partial charge in [-0.2, -0.15) is 0 Å². The molecule has 1 fully saturated rings. The molecule has 0 aromatic carbocycles. The number of carbonyl (C=O) groups excluding carboxylic acids is 1. The molecule has 0 radical (unpaired) electrons. The van der Waals surface area contributed by atoms with Gasteiger partial charge in [0.2, 0.25) is 5.88 Å². The zero-order valence-corrected chi connectivity index (χ0v) is 12.3. The first kappa shape index (κ1) is 15.3. The summed E-state index contributed by atoms with van der Waals surface area (Å²) >= 11 is 0. The monoisotopic (exact) mass is 292 g/mol. The second kappa shape index (κ2) is 6.56. The molecule has 0 aliphatic carbocycles. The highest BCUT2D eigenvalue weighted by Crippen LogP contribution is 2.27. The van der Waals surface area contributed by atoms with Crippen LogP contribution in [0.5, 0.6) is 5.88 Å². The van der Waals surface area contributed by atoms with E-state index in [-0.39, 0.29) is 5.91 Å². The van der Waals surface area contributed by atoms with E-state index >= 15 is 0 Å². The van der Waals surface area contributed by atoms with E-state index in [4.69, 9.17) is 4.74 Å².